The lowest BCUT2D eigenvalue weighted by atomic mass is 10.1. The van der Waals surface area contributed by atoms with Gasteiger partial charge in [-0.2, -0.15) is 0 Å². The molecule has 0 aliphatic carbocycles. The number of allylic oxidation sites excluding steroid dienone is 2. The van der Waals surface area contributed by atoms with Crippen LogP contribution in [-0.2, 0) is 16.4 Å². The summed E-state index contributed by atoms with van der Waals surface area (Å²) < 4.78 is 22.5. The maximum Gasteiger partial charge on any atom is 0.238 e. The summed E-state index contributed by atoms with van der Waals surface area (Å²) in [5, 5.41) is 5.12. The predicted octanol–water partition coefficient (Wildman–Crippen LogP) is 1.84. The topological polar surface area (TPSA) is 60.2 Å². The van der Waals surface area contributed by atoms with Crippen LogP contribution in [0, 0.1) is 0 Å². The fourth-order valence-electron chi connectivity index (χ4n) is 1.26. The van der Waals surface area contributed by atoms with Crippen molar-refractivity contribution >= 4 is 10.0 Å². The van der Waals surface area contributed by atoms with E-state index in [1.807, 2.05) is 26.0 Å². The van der Waals surface area contributed by atoms with Crippen molar-refractivity contribution in [2.24, 2.45) is 5.14 Å². The van der Waals surface area contributed by atoms with E-state index in [-0.39, 0.29) is 4.90 Å². The van der Waals surface area contributed by atoms with Gasteiger partial charge in [0.15, 0.2) is 0 Å². The Morgan fingerprint density at radius 2 is 1.93 bits per heavy atom. The zero-order chi connectivity index (χ0) is 11.5. The average molecular weight is 225 g/mol. The lowest BCUT2D eigenvalue weighted by Gasteiger charge is -2.04. The molecule has 0 amide bonds. The van der Waals surface area contributed by atoms with Gasteiger partial charge in [0.2, 0.25) is 10.0 Å². The highest BCUT2D eigenvalue weighted by molar-refractivity contribution is 7.89. The molecular weight excluding hydrogens is 210 g/mol. The van der Waals surface area contributed by atoms with Gasteiger partial charge >= 0.3 is 0 Å². The Balaban J connectivity index is 3.14. The highest BCUT2D eigenvalue weighted by atomic mass is 32.2. The summed E-state index contributed by atoms with van der Waals surface area (Å²) in [6.45, 7) is 3.94. The van der Waals surface area contributed by atoms with E-state index in [9.17, 15) is 8.42 Å². The number of benzene rings is 1. The first-order valence-corrected chi connectivity index (χ1v) is 6.20. The smallest absolute Gasteiger partial charge is 0.225 e. The molecule has 2 N–H and O–H groups in total. The maximum absolute atomic E-state index is 11.3. The highest BCUT2D eigenvalue weighted by Crippen LogP contribution is 2.15. The number of rotatable bonds is 3. The van der Waals surface area contributed by atoms with Crippen LogP contribution in [0.5, 0.6) is 0 Å². The first-order valence-electron chi connectivity index (χ1n) is 4.65. The molecule has 0 atom stereocenters. The summed E-state index contributed by atoms with van der Waals surface area (Å²) in [5.41, 5.74) is 1.89. The molecule has 0 spiro atoms. The Morgan fingerprint density at radius 1 is 1.33 bits per heavy atom. The van der Waals surface area contributed by atoms with E-state index >= 15 is 0 Å². The van der Waals surface area contributed by atoms with Crippen molar-refractivity contribution in [2.45, 2.75) is 25.2 Å². The molecule has 0 heterocycles. The predicted molar refractivity (Wildman–Crippen MR) is 61.0 cm³/mol. The van der Waals surface area contributed by atoms with Crippen molar-refractivity contribution in [1.29, 1.82) is 0 Å². The minimum atomic E-state index is -3.61. The molecule has 0 saturated heterocycles. The van der Waals surface area contributed by atoms with E-state index in [2.05, 4.69) is 0 Å². The quantitative estimate of drug-likeness (QED) is 0.798. The molecule has 1 aromatic rings. The third-order valence-corrected chi connectivity index (χ3v) is 3.02. The van der Waals surface area contributed by atoms with E-state index in [1.165, 1.54) is 6.07 Å². The Morgan fingerprint density at radius 3 is 2.47 bits per heavy atom. The van der Waals surface area contributed by atoms with Crippen LogP contribution in [0.25, 0.3) is 0 Å². The molecule has 0 radical (unpaired) electrons. The molecule has 1 aromatic carbocycles. The van der Waals surface area contributed by atoms with Crippen LogP contribution in [0.4, 0.5) is 0 Å². The summed E-state index contributed by atoms with van der Waals surface area (Å²) in [4.78, 5) is 0.211. The summed E-state index contributed by atoms with van der Waals surface area (Å²) in [5.74, 6) is 0. The van der Waals surface area contributed by atoms with Crippen LogP contribution < -0.4 is 5.14 Å². The lowest BCUT2D eigenvalue weighted by molar-refractivity contribution is 0.597. The number of hydrogen-bond acceptors (Lipinski definition) is 2. The fraction of sp³-hybridized carbons (Fsp3) is 0.273. The number of primary sulfonamides is 1. The molecule has 15 heavy (non-hydrogen) atoms. The van der Waals surface area contributed by atoms with Crippen molar-refractivity contribution in [2.75, 3.05) is 0 Å². The van der Waals surface area contributed by atoms with Gasteiger partial charge in [-0.25, -0.2) is 13.6 Å². The van der Waals surface area contributed by atoms with Gasteiger partial charge in [0.1, 0.15) is 0 Å². The Hall–Kier alpha value is -1.13. The average Bonchev–Trinajstić information content (AvgIpc) is 2.13. The zero-order valence-electron chi connectivity index (χ0n) is 8.90. The largest absolute Gasteiger partial charge is 0.238 e. The Bertz CT molecular complexity index is 471. The third-order valence-electron chi connectivity index (χ3n) is 2.01. The van der Waals surface area contributed by atoms with Crippen molar-refractivity contribution in [3.8, 4) is 0 Å². The van der Waals surface area contributed by atoms with Gasteiger partial charge in [-0.15, -0.1) is 0 Å². The molecule has 4 heteroatoms. The van der Waals surface area contributed by atoms with E-state index in [4.69, 9.17) is 5.14 Å². The third kappa shape index (κ3) is 3.49. The highest BCUT2D eigenvalue weighted by Gasteiger charge is 2.11. The molecule has 0 aliphatic heterocycles. The first-order chi connectivity index (χ1) is 6.91. The molecule has 0 saturated carbocycles. The van der Waals surface area contributed by atoms with Gasteiger partial charge in [-0.05, 0) is 31.9 Å². The van der Waals surface area contributed by atoms with Gasteiger partial charge < -0.3 is 0 Å². The SMILES string of the molecule is CC(C)=CCc1ccccc1S(N)(=O)=O. The summed E-state index contributed by atoms with van der Waals surface area (Å²) in [6, 6.07) is 6.79. The molecular formula is C11H15NO2S. The van der Waals surface area contributed by atoms with Gasteiger partial charge in [0.05, 0.1) is 4.90 Å². The van der Waals surface area contributed by atoms with Crippen LogP contribution in [0.15, 0.2) is 40.8 Å². The minimum Gasteiger partial charge on any atom is -0.225 e. The maximum atomic E-state index is 11.3. The number of hydrogen-bond donors (Lipinski definition) is 1. The first kappa shape index (κ1) is 11.9. The van der Waals surface area contributed by atoms with Crippen LogP contribution in [-0.4, -0.2) is 8.42 Å². The summed E-state index contributed by atoms with van der Waals surface area (Å²) in [7, 11) is -3.61. The molecule has 3 nitrogen and oxygen atoms in total. The Labute approximate surface area is 90.7 Å². The second-order valence-electron chi connectivity index (χ2n) is 3.64. The molecule has 0 aromatic heterocycles. The fourth-order valence-corrected chi connectivity index (χ4v) is 2.05. The lowest BCUT2D eigenvalue weighted by Crippen LogP contribution is -2.14. The second kappa shape index (κ2) is 4.59. The number of nitrogens with two attached hydrogens (primary N) is 1. The molecule has 0 fully saturated rings. The van der Waals surface area contributed by atoms with Crippen molar-refractivity contribution < 1.29 is 8.42 Å². The molecule has 82 valence electrons. The van der Waals surface area contributed by atoms with Crippen LogP contribution >= 0.6 is 0 Å². The van der Waals surface area contributed by atoms with Crippen molar-refractivity contribution in [3.05, 3.63) is 41.5 Å². The molecule has 0 aliphatic rings. The normalized spacial score (nSPS) is 11.1. The molecule has 1 rings (SSSR count). The van der Waals surface area contributed by atoms with Crippen LogP contribution in [0.3, 0.4) is 0 Å². The van der Waals surface area contributed by atoms with Crippen LogP contribution in [0.2, 0.25) is 0 Å². The van der Waals surface area contributed by atoms with Gasteiger partial charge in [-0.1, -0.05) is 29.8 Å². The minimum absolute atomic E-state index is 0.211. The van der Waals surface area contributed by atoms with E-state index in [0.717, 1.165) is 11.1 Å². The van der Waals surface area contributed by atoms with Gasteiger partial charge in [0.25, 0.3) is 0 Å². The number of sulfonamides is 1. The van der Waals surface area contributed by atoms with Gasteiger partial charge in [0, 0.05) is 0 Å². The monoisotopic (exact) mass is 225 g/mol. The Kier molecular flexibility index (Phi) is 3.66. The van der Waals surface area contributed by atoms with E-state index < -0.39 is 10.0 Å². The second-order valence-corrected chi connectivity index (χ2v) is 5.17. The van der Waals surface area contributed by atoms with Crippen molar-refractivity contribution in [1.82, 2.24) is 0 Å². The molecule has 0 unspecified atom stereocenters. The summed E-state index contributed by atoms with van der Waals surface area (Å²) >= 11 is 0. The van der Waals surface area contributed by atoms with E-state index in [0.29, 0.717) is 6.42 Å². The van der Waals surface area contributed by atoms with Gasteiger partial charge in [-0.3, -0.25) is 0 Å². The molecule has 0 bridgehead atoms. The van der Waals surface area contributed by atoms with E-state index in [1.54, 1.807) is 12.1 Å². The summed E-state index contributed by atoms with van der Waals surface area (Å²) in [6.07, 6.45) is 2.57. The van der Waals surface area contributed by atoms with Crippen LogP contribution in [0.1, 0.15) is 19.4 Å². The standard InChI is InChI=1S/C11H15NO2S/c1-9(2)7-8-10-5-3-4-6-11(10)15(12,13)14/h3-7H,8H2,1-2H3,(H2,12,13,14). The van der Waals surface area contributed by atoms with Crippen molar-refractivity contribution in [3.63, 3.8) is 0 Å². The zero-order valence-corrected chi connectivity index (χ0v) is 9.71.